The monoisotopic (exact) mass is 438 g/mol. The fraction of sp³-hybridized carbons (Fsp3) is 0.273. The minimum absolute atomic E-state index is 0.0318. The first-order valence-electron chi connectivity index (χ1n) is 9.44. The summed E-state index contributed by atoms with van der Waals surface area (Å²) in [4.78, 5) is 17.4. The summed E-state index contributed by atoms with van der Waals surface area (Å²) in [5.74, 6) is 0.0318. The Kier molecular flexibility index (Phi) is 5.22. The summed E-state index contributed by atoms with van der Waals surface area (Å²) in [6.07, 6.45) is 1.63. The molecule has 1 aliphatic heterocycles. The topological polar surface area (TPSA) is 52.2 Å². The maximum atomic E-state index is 13.1. The molecule has 28 heavy (non-hydrogen) atoms. The van der Waals surface area contributed by atoms with Crippen molar-refractivity contribution >= 4 is 27.5 Å². The van der Waals surface area contributed by atoms with Crippen molar-refractivity contribution in [2.75, 3.05) is 31.1 Å². The van der Waals surface area contributed by atoms with Gasteiger partial charge in [0.25, 0.3) is 5.91 Å². The van der Waals surface area contributed by atoms with Crippen LogP contribution in [0, 0.1) is 13.8 Å². The minimum atomic E-state index is 0.0318. The van der Waals surface area contributed by atoms with Crippen LogP contribution in [-0.4, -0.2) is 47.2 Å². The fourth-order valence-electron chi connectivity index (χ4n) is 3.71. The second-order valence-corrected chi connectivity index (χ2v) is 8.08. The molecule has 0 atom stereocenters. The molecule has 1 N–H and O–H groups in total. The number of aromatic nitrogens is 2. The zero-order chi connectivity index (χ0) is 19.7. The van der Waals surface area contributed by atoms with Crippen molar-refractivity contribution in [3.63, 3.8) is 0 Å². The summed E-state index contributed by atoms with van der Waals surface area (Å²) in [5.41, 5.74) is 6.22. The normalized spacial score (nSPS) is 14.4. The van der Waals surface area contributed by atoms with E-state index in [1.807, 2.05) is 29.2 Å². The number of carbonyl (C=O) groups is 1. The van der Waals surface area contributed by atoms with E-state index in [2.05, 4.69) is 63.1 Å². The predicted molar refractivity (Wildman–Crippen MR) is 116 cm³/mol. The van der Waals surface area contributed by atoms with E-state index in [-0.39, 0.29) is 5.91 Å². The summed E-state index contributed by atoms with van der Waals surface area (Å²) in [7, 11) is 0. The van der Waals surface area contributed by atoms with Crippen molar-refractivity contribution < 1.29 is 4.79 Å². The van der Waals surface area contributed by atoms with Crippen molar-refractivity contribution in [2.45, 2.75) is 13.8 Å². The van der Waals surface area contributed by atoms with Crippen molar-refractivity contribution in [3.05, 3.63) is 69.8 Å². The summed E-state index contributed by atoms with van der Waals surface area (Å²) in [6, 6.07) is 14.3. The van der Waals surface area contributed by atoms with Gasteiger partial charge < -0.3 is 9.80 Å². The van der Waals surface area contributed by atoms with Gasteiger partial charge >= 0.3 is 0 Å². The van der Waals surface area contributed by atoms with Gasteiger partial charge in [0, 0.05) is 41.9 Å². The van der Waals surface area contributed by atoms with Crippen LogP contribution in [0.3, 0.4) is 0 Å². The number of nitrogens with one attached hydrogen (secondary N) is 1. The van der Waals surface area contributed by atoms with E-state index in [0.717, 1.165) is 28.8 Å². The smallest absolute Gasteiger partial charge is 0.257 e. The number of aryl methyl sites for hydroxylation is 1. The zero-order valence-corrected chi connectivity index (χ0v) is 17.7. The van der Waals surface area contributed by atoms with Crippen LogP contribution in [-0.2, 0) is 0 Å². The minimum Gasteiger partial charge on any atom is -0.368 e. The molecule has 4 rings (SSSR count). The van der Waals surface area contributed by atoms with Gasteiger partial charge in [0.15, 0.2) is 0 Å². The van der Waals surface area contributed by atoms with Gasteiger partial charge in [-0.25, -0.2) is 0 Å². The number of hydrogen-bond donors (Lipinski definition) is 1. The predicted octanol–water partition coefficient (Wildman–Crippen LogP) is 4.42. The van der Waals surface area contributed by atoms with E-state index in [0.29, 0.717) is 18.7 Å². The van der Waals surface area contributed by atoms with Crippen LogP contribution in [0.1, 0.15) is 21.5 Å². The quantitative estimate of drug-likeness (QED) is 0.658. The Morgan fingerprint density at radius 1 is 1.07 bits per heavy atom. The van der Waals surface area contributed by atoms with Crippen molar-refractivity contribution in [2.24, 2.45) is 0 Å². The molecule has 5 nitrogen and oxygen atoms in total. The molecular weight excluding hydrogens is 416 g/mol. The lowest BCUT2D eigenvalue weighted by Gasteiger charge is -2.37. The number of hydrogen-bond acceptors (Lipinski definition) is 3. The Balaban J connectivity index is 1.50. The van der Waals surface area contributed by atoms with Crippen LogP contribution < -0.4 is 4.90 Å². The Morgan fingerprint density at radius 2 is 1.82 bits per heavy atom. The first-order valence-corrected chi connectivity index (χ1v) is 10.2. The molecule has 1 aromatic heterocycles. The van der Waals surface area contributed by atoms with Crippen LogP contribution in [0.5, 0.6) is 0 Å². The maximum absolute atomic E-state index is 13.1. The molecule has 0 saturated carbocycles. The van der Waals surface area contributed by atoms with Crippen molar-refractivity contribution in [1.82, 2.24) is 15.1 Å². The van der Waals surface area contributed by atoms with Crippen molar-refractivity contribution in [1.29, 1.82) is 0 Å². The van der Waals surface area contributed by atoms with E-state index in [4.69, 9.17) is 0 Å². The molecule has 1 saturated heterocycles. The van der Waals surface area contributed by atoms with Crippen molar-refractivity contribution in [3.8, 4) is 11.3 Å². The number of rotatable bonds is 3. The molecule has 0 radical (unpaired) electrons. The lowest BCUT2D eigenvalue weighted by atomic mass is 10.1. The molecule has 1 amide bonds. The second kappa shape index (κ2) is 7.80. The molecule has 1 aliphatic rings. The Bertz CT molecular complexity index is 1010. The third kappa shape index (κ3) is 3.56. The number of carbonyl (C=O) groups excluding carboxylic acids is 1. The maximum Gasteiger partial charge on any atom is 0.257 e. The van der Waals surface area contributed by atoms with Crippen LogP contribution in [0.15, 0.2) is 53.1 Å². The molecular formula is C22H23BrN4O. The first-order chi connectivity index (χ1) is 13.5. The lowest BCUT2D eigenvalue weighted by molar-refractivity contribution is 0.0747. The molecule has 1 fully saturated rings. The molecule has 0 bridgehead atoms. The third-order valence-corrected chi connectivity index (χ3v) is 5.96. The van der Waals surface area contributed by atoms with E-state index < -0.39 is 0 Å². The van der Waals surface area contributed by atoms with Crippen LogP contribution in [0.25, 0.3) is 11.3 Å². The number of nitrogens with zero attached hydrogens (tertiary/aromatic N) is 3. The highest BCUT2D eigenvalue weighted by molar-refractivity contribution is 9.10. The number of amides is 1. The van der Waals surface area contributed by atoms with Crippen LogP contribution >= 0.6 is 15.9 Å². The third-order valence-electron chi connectivity index (χ3n) is 5.47. The van der Waals surface area contributed by atoms with Crippen LogP contribution in [0.2, 0.25) is 0 Å². The molecule has 6 heteroatoms. The summed E-state index contributed by atoms with van der Waals surface area (Å²) < 4.78 is 0.972. The average Bonchev–Trinajstić information content (AvgIpc) is 3.20. The molecule has 0 aliphatic carbocycles. The number of anilines is 1. The van der Waals surface area contributed by atoms with E-state index in [1.165, 1.54) is 16.8 Å². The standard InChI is InChI=1S/C22H23BrN4O/c1-15-5-3-8-20(16(15)2)26-9-11-27(12-10-26)22(28)19-14-24-25-21(19)17-6-4-7-18(23)13-17/h3-8,13-14H,9-12H2,1-2H3,(H,24,25). The molecule has 144 valence electrons. The highest BCUT2D eigenvalue weighted by Crippen LogP contribution is 2.27. The summed E-state index contributed by atoms with van der Waals surface area (Å²) in [6.45, 7) is 7.38. The van der Waals surface area contributed by atoms with E-state index in [1.54, 1.807) is 6.20 Å². The van der Waals surface area contributed by atoms with Gasteiger partial charge in [0.1, 0.15) is 0 Å². The number of aromatic amines is 1. The van der Waals surface area contributed by atoms with Gasteiger partial charge in [-0.2, -0.15) is 5.10 Å². The average molecular weight is 439 g/mol. The largest absolute Gasteiger partial charge is 0.368 e. The lowest BCUT2D eigenvalue weighted by Crippen LogP contribution is -2.49. The molecule has 2 aromatic carbocycles. The number of H-pyrrole nitrogens is 1. The molecule has 2 heterocycles. The molecule has 0 unspecified atom stereocenters. The first kappa shape index (κ1) is 18.7. The summed E-state index contributed by atoms with van der Waals surface area (Å²) in [5, 5.41) is 7.12. The highest BCUT2D eigenvalue weighted by Gasteiger charge is 2.26. The van der Waals surface area contributed by atoms with E-state index in [9.17, 15) is 4.79 Å². The Labute approximate surface area is 173 Å². The summed E-state index contributed by atoms with van der Waals surface area (Å²) >= 11 is 3.49. The zero-order valence-electron chi connectivity index (χ0n) is 16.1. The Morgan fingerprint density at radius 3 is 2.57 bits per heavy atom. The SMILES string of the molecule is Cc1cccc(N2CCN(C(=O)c3cn[nH]c3-c3cccc(Br)c3)CC2)c1C. The van der Waals surface area contributed by atoms with Crippen LogP contribution in [0.4, 0.5) is 5.69 Å². The number of benzene rings is 2. The fourth-order valence-corrected chi connectivity index (χ4v) is 4.11. The van der Waals surface area contributed by atoms with Gasteiger partial charge in [0.05, 0.1) is 17.5 Å². The van der Waals surface area contributed by atoms with Gasteiger partial charge in [-0.15, -0.1) is 0 Å². The molecule has 3 aromatic rings. The van der Waals surface area contributed by atoms with Gasteiger partial charge in [-0.1, -0.05) is 40.2 Å². The molecule has 0 spiro atoms. The van der Waals surface area contributed by atoms with Gasteiger partial charge in [-0.3, -0.25) is 9.89 Å². The number of piperazine rings is 1. The van der Waals surface area contributed by atoms with Gasteiger partial charge in [-0.05, 0) is 43.2 Å². The Hall–Kier alpha value is -2.60. The van der Waals surface area contributed by atoms with Gasteiger partial charge in [0.2, 0.25) is 0 Å². The second-order valence-electron chi connectivity index (χ2n) is 7.17. The van der Waals surface area contributed by atoms with E-state index >= 15 is 0 Å². The highest BCUT2D eigenvalue weighted by atomic mass is 79.9. The number of halogens is 1.